The minimum absolute atomic E-state index is 0.00456. The highest BCUT2D eigenvalue weighted by Gasteiger charge is 2.77. The third-order valence-corrected chi connectivity index (χ3v) is 11.9. The number of hydrogen-bond acceptors (Lipinski definition) is 2. The van der Waals surface area contributed by atoms with Gasteiger partial charge in [-0.05, 0) is 73.4 Å². The lowest BCUT2D eigenvalue weighted by Gasteiger charge is -2.46. The molecular weight excluding hydrogens is 567 g/mol. The molecule has 1 atom stereocenters. The zero-order valence-electron chi connectivity index (χ0n) is 28.8. The van der Waals surface area contributed by atoms with Gasteiger partial charge in [-0.3, -0.25) is 0 Å². The van der Waals surface area contributed by atoms with Crippen LogP contribution in [0.2, 0.25) is 0 Å². The van der Waals surface area contributed by atoms with Crippen molar-refractivity contribution in [2.45, 2.75) is 105 Å². The molecule has 3 nitrogen and oxygen atoms in total. The van der Waals surface area contributed by atoms with E-state index in [9.17, 15) is 0 Å². The van der Waals surface area contributed by atoms with Crippen LogP contribution < -0.4 is 4.57 Å². The molecule has 0 amide bonds. The van der Waals surface area contributed by atoms with E-state index in [-0.39, 0.29) is 10.8 Å². The van der Waals surface area contributed by atoms with Gasteiger partial charge in [-0.15, -0.1) is 15.9 Å². The summed E-state index contributed by atoms with van der Waals surface area (Å²) in [4.78, 5) is 4.22. The molecule has 0 bridgehead atoms. The Bertz CT molecular complexity index is 2120. The predicted octanol–water partition coefficient (Wildman–Crippen LogP) is 9.78. The molecule has 0 saturated carbocycles. The Morgan fingerprint density at radius 3 is 2.07 bits per heavy atom. The van der Waals surface area contributed by atoms with Gasteiger partial charge in [0.1, 0.15) is 17.6 Å². The summed E-state index contributed by atoms with van der Waals surface area (Å²) in [5.74, 6) is 1.41. The normalized spacial score (nSPS) is 19.7. The monoisotopic (exact) mass is 613 g/mol. The molecule has 5 aromatic rings. The summed E-state index contributed by atoms with van der Waals surface area (Å²) < 4.78 is 6.89. The highest BCUT2D eigenvalue weighted by Crippen LogP contribution is 2.61. The predicted molar refractivity (Wildman–Crippen MR) is 191 cm³/mol. The SMILES string of the molecule is CC(C)C1=[N+](C(C)C)C2(c3ccc4c(c3-c3cc(C(C)(C)C)c5ccccc5[n+]32)-c2sc3ccccc3c2C4(C)C)N1C(C)C. The molecule has 1 spiro atoms. The number of benzene rings is 3. The molecule has 45 heavy (non-hydrogen) atoms. The summed E-state index contributed by atoms with van der Waals surface area (Å²) in [5, 5.41) is 2.76. The number of fused-ring (bicyclic) bond motifs is 13. The lowest BCUT2D eigenvalue weighted by molar-refractivity contribution is -0.955. The van der Waals surface area contributed by atoms with Crippen molar-refractivity contribution >= 4 is 38.2 Å². The summed E-state index contributed by atoms with van der Waals surface area (Å²) >= 11 is 1.99. The minimum Gasteiger partial charge on any atom is -0.156 e. The Morgan fingerprint density at radius 2 is 1.42 bits per heavy atom. The molecule has 8 rings (SSSR count). The van der Waals surface area contributed by atoms with Crippen molar-refractivity contribution in [2.24, 2.45) is 5.92 Å². The first-order chi connectivity index (χ1) is 21.2. The molecule has 2 aliphatic heterocycles. The Hall–Kier alpha value is -3.50. The number of nitrogens with zero attached hydrogens (tertiary/aromatic N) is 3. The highest BCUT2D eigenvalue weighted by molar-refractivity contribution is 7.22. The fraction of sp³-hybridized carbons (Fsp3) is 0.415. The number of amidine groups is 1. The first-order valence-corrected chi connectivity index (χ1v) is 17.7. The van der Waals surface area contributed by atoms with E-state index in [0.29, 0.717) is 18.0 Å². The van der Waals surface area contributed by atoms with Crippen LogP contribution in [0.3, 0.4) is 0 Å². The zero-order valence-corrected chi connectivity index (χ0v) is 29.6. The molecule has 2 aromatic heterocycles. The summed E-state index contributed by atoms with van der Waals surface area (Å²) in [6.07, 6.45) is 0. The van der Waals surface area contributed by atoms with Crippen molar-refractivity contribution < 1.29 is 9.14 Å². The number of aromatic nitrogens is 1. The fourth-order valence-electron chi connectivity index (χ4n) is 9.23. The van der Waals surface area contributed by atoms with Crippen LogP contribution in [0, 0.1) is 5.92 Å². The quantitative estimate of drug-likeness (QED) is 0.184. The highest BCUT2D eigenvalue weighted by atomic mass is 32.1. The van der Waals surface area contributed by atoms with E-state index in [0.717, 1.165) is 0 Å². The van der Waals surface area contributed by atoms with Gasteiger partial charge in [0.25, 0.3) is 5.84 Å². The number of para-hydroxylation sites is 1. The number of rotatable bonds is 3. The van der Waals surface area contributed by atoms with E-state index >= 15 is 0 Å². The lowest BCUT2D eigenvalue weighted by Crippen LogP contribution is -2.83. The Labute approximate surface area is 272 Å². The van der Waals surface area contributed by atoms with Crippen LogP contribution in [0.1, 0.15) is 98.4 Å². The van der Waals surface area contributed by atoms with Crippen molar-refractivity contribution in [3.05, 3.63) is 89.0 Å². The Kier molecular flexibility index (Phi) is 5.83. The van der Waals surface area contributed by atoms with Gasteiger partial charge in [-0.1, -0.05) is 84.9 Å². The standard InChI is InChI=1S/C41H47N3S/c1-23(2)38-42(24(3)4)41(43(38)25(5)6)29-21-20-28-35(37-36(40(28,10)11)27-17-13-15-19-33(27)45-37)34(29)32-22-30(39(7,8)9)26-16-12-14-18-31(26)44(32)41/h12-25H,1-11H3/q+2. The van der Waals surface area contributed by atoms with E-state index in [4.69, 9.17) is 0 Å². The Morgan fingerprint density at radius 1 is 0.778 bits per heavy atom. The first-order valence-electron chi connectivity index (χ1n) is 16.9. The van der Waals surface area contributed by atoms with Crippen LogP contribution in [0.15, 0.2) is 66.7 Å². The average molecular weight is 614 g/mol. The maximum absolute atomic E-state index is 2.76. The molecule has 3 aliphatic rings. The third-order valence-electron chi connectivity index (χ3n) is 10.7. The first kappa shape index (κ1) is 28.9. The van der Waals surface area contributed by atoms with Crippen LogP contribution in [0.4, 0.5) is 0 Å². The van der Waals surface area contributed by atoms with E-state index in [1.54, 1.807) is 0 Å². The van der Waals surface area contributed by atoms with Gasteiger partial charge in [0.05, 0.1) is 16.9 Å². The number of thiophene rings is 1. The molecule has 0 saturated heterocycles. The molecule has 230 valence electrons. The van der Waals surface area contributed by atoms with Crippen LogP contribution in [0.5, 0.6) is 0 Å². The molecule has 0 N–H and O–H groups in total. The van der Waals surface area contributed by atoms with Crippen molar-refractivity contribution in [1.29, 1.82) is 0 Å². The van der Waals surface area contributed by atoms with Gasteiger partial charge >= 0.3 is 5.79 Å². The van der Waals surface area contributed by atoms with Crippen molar-refractivity contribution in [2.75, 3.05) is 0 Å². The fourth-order valence-corrected chi connectivity index (χ4v) is 10.7. The third kappa shape index (κ3) is 3.37. The van der Waals surface area contributed by atoms with Crippen molar-refractivity contribution in [3.8, 4) is 21.7 Å². The minimum atomic E-state index is -0.443. The molecule has 4 heteroatoms. The average Bonchev–Trinajstić information content (AvgIpc) is 3.56. The molecule has 0 fully saturated rings. The van der Waals surface area contributed by atoms with Gasteiger partial charge in [-0.2, -0.15) is 9.48 Å². The van der Waals surface area contributed by atoms with Gasteiger partial charge in [0, 0.05) is 32.7 Å². The van der Waals surface area contributed by atoms with E-state index in [1.807, 2.05) is 11.3 Å². The van der Waals surface area contributed by atoms with E-state index < -0.39 is 5.79 Å². The van der Waals surface area contributed by atoms with Crippen LogP contribution in [-0.2, 0) is 16.6 Å². The molecule has 1 unspecified atom stereocenters. The van der Waals surface area contributed by atoms with E-state index in [2.05, 4.69) is 157 Å². The van der Waals surface area contributed by atoms with Crippen LogP contribution in [-0.4, -0.2) is 27.4 Å². The maximum Gasteiger partial charge on any atom is 0.479 e. The topological polar surface area (TPSA) is 10.1 Å². The van der Waals surface area contributed by atoms with Gasteiger partial charge < -0.3 is 0 Å². The van der Waals surface area contributed by atoms with E-state index in [1.165, 1.54) is 70.8 Å². The summed E-state index contributed by atoms with van der Waals surface area (Å²) in [7, 11) is 0. The second kappa shape index (κ2) is 9.06. The molecule has 4 heterocycles. The van der Waals surface area contributed by atoms with Crippen LogP contribution >= 0.6 is 11.3 Å². The number of hydrogen-bond donors (Lipinski definition) is 0. The van der Waals surface area contributed by atoms with Crippen LogP contribution in [0.25, 0.3) is 42.7 Å². The molecular formula is C41H47N3S+2. The number of pyridine rings is 1. The second-order valence-corrected chi connectivity index (χ2v) is 17.0. The second-order valence-electron chi connectivity index (χ2n) is 16.0. The maximum atomic E-state index is 2.76. The summed E-state index contributed by atoms with van der Waals surface area (Å²) in [6, 6.07) is 26.4. The van der Waals surface area contributed by atoms with Gasteiger partial charge in [-0.25, -0.2) is 0 Å². The summed E-state index contributed by atoms with van der Waals surface area (Å²) in [6.45, 7) is 26.2. The largest absolute Gasteiger partial charge is 0.479 e. The smallest absolute Gasteiger partial charge is 0.156 e. The summed E-state index contributed by atoms with van der Waals surface area (Å²) in [5.41, 5.74) is 11.3. The molecule has 1 aliphatic carbocycles. The molecule has 0 radical (unpaired) electrons. The zero-order chi connectivity index (χ0) is 32.0. The van der Waals surface area contributed by atoms with Crippen molar-refractivity contribution in [1.82, 2.24) is 4.90 Å². The Balaban J connectivity index is 1.62. The van der Waals surface area contributed by atoms with Crippen molar-refractivity contribution in [3.63, 3.8) is 0 Å². The molecule has 3 aromatic carbocycles. The van der Waals surface area contributed by atoms with Gasteiger partial charge in [0.15, 0.2) is 0 Å². The lowest BCUT2D eigenvalue weighted by atomic mass is 9.80. The van der Waals surface area contributed by atoms with Gasteiger partial charge in [0.2, 0.25) is 11.2 Å².